The second-order valence-corrected chi connectivity index (χ2v) is 10.7. The highest BCUT2D eigenvalue weighted by Crippen LogP contribution is 2.18. The predicted octanol–water partition coefficient (Wildman–Crippen LogP) is 4.02. The lowest BCUT2D eigenvalue weighted by Gasteiger charge is -2.20. The number of esters is 1. The molecule has 6 nitrogen and oxygen atoms in total. The van der Waals surface area contributed by atoms with Gasteiger partial charge in [0.25, 0.3) is 0 Å². The molecule has 182 valence electrons. The van der Waals surface area contributed by atoms with Crippen molar-refractivity contribution in [2.24, 2.45) is 5.41 Å². The number of nitrogens with zero attached hydrogens (tertiary/aromatic N) is 1. The van der Waals surface area contributed by atoms with E-state index in [9.17, 15) is 18.0 Å². The van der Waals surface area contributed by atoms with Gasteiger partial charge >= 0.3 is 5.97 Å². The fourth-order valence-electron chi connectivity index (χ4n) is 2.72. The number of terminal acetylenes is 1. The first-order valence-corrected chi connectivity index (χ1v) is 12.4. The van der Waals surface area contributed by atoms with E-state index < -0.39 is 33.3 Å². The molecule has 1 atom stereocenters. The normalized spacial score (nSPS) is 12.5. The van der Waals surface area contributed by atoms with Gasteiger partial charge in [0.05, 0.1) is 16.9 Å². The van der Waals surface area contributed by atoms with E-state index in [4.69, 9.17) is 11.2 Å². The van der Waals surface area contributed by atoms with Crippen LogP contribution in [0.2, 0.25) is 0 Å². The van der Waals surface area contributed by atoms with Crippen LogP contribution < -0.4 is 0 Å². The summed E-state index contributed by atoms with van der Waals surface area (Å²) in [4.78, 5) is 24.9. The van der Waals surface area contributed by atoms with Crippen molar-refractivity contribution < 1.29 is 22.7 Å². The van der Waals surface area contributed by atoms with Crippen molar-refractivity contribution in [3.05, 3.63) is 77.9 Å². The van der Waals surface area contributed by atoms with E-state index >= 15 is 0 Å². The van der Waals surface area contributed by atoms with Gasteiger partial charge in [-0.3, -0.25) is 9.59 Å². The molecule has 1 unspecified atom stereocenters. The van der Waals surface area contributed by atoms with E-state index in [0.29, 0.717) is 5.56 Å². The number of carbonyl (C=O) groups is 2. The first-order chi connectivity index (χ1) is 16.4. The van der Waals surface area contributed by atoms with Crippen LogP contribution in [0.3, 0.4) is 0 Å². The minimum absolute atomic E-state index is 0.0711. The summed E-state index contributed by atoms with van der Waals surface area (Å²) in [5.41, 5.74) is 0.551. The predicted molar refractivity (Wildman–Crippen MR) is 136 cm³/mol. The molecule has 0 N–H and O–H groups in total. The minimum Gasteiger partial charge on any atom is -0.444 e. The van der Waals surface area contributed by atoms with Crippen molar-refractivity contribution in [2.45, 2.75) is 38.7 Å². The van der Waals surface area contributed by atoms with Crippen LogP contribution in [0, 0.1) is 36.5 Å². The molecular formula is C28H29NO5S. The molecular weight excluding hydrogens is 462 g/mol. The van der Waals surface area contributed by atoms with Crippen molar-refractivity contribution >= 4 is 21.8 Å². The van der Waals surface area contributed by atoms with E-state index in [1.807, 2.05) is 6.92 Å². The number of ketones is 1. The van der Waals surface area contributed by atoms with Crippen LogP contribution in [0.1, 0.15) is 36.7 Å². The third kappa shape index (κ3) is 8.26. The fourth-order valence-corrected chi connectivity index (χ4v) is 4.02. The summed E-state index contributed by atoms with van der Waals surface area (Å²) in [5.74, 6) is 6.59. The van der Waals surface area contributed by atoms with Crippen molar-refractivity contribution in [3.63, 3.8) is 0 Å². The Balaban J connectivity index is 2.27. The third-order valence-corrected chi connectivity index (χ3v) is 6.58. The standard InChI is InChI=1S/C28H29NO5S/c1-6-20-29(35(32,33)25-17-14-22(2)15-18-25)21-10-13-24(34-27(31)28(3,4)5)16-19-26(30)23-11-8-7-9-12-23/h1,7-15,17-18,24H,20-21H2,2-5H3/b13-10+. The minimum atomic E-state index is -3.84. The summed E-state index contributed by atoms with van der Waals surface area (Å²) in [6.07, 6.45) is 7.30. The Bertz CT molecular complexity index is 1270. The smallest absolute Gasteiger partial charge is 0.312 e. The summed E-state index contributed by atoms with van der Waals surface area (Å²) >= 11 is 0. The number of benzene rings is 2. The molecule has 2 aromatic carbocycles. The molecule has 0 fully saturated rings. The summed E-state index contributed by atoms with van der Waals surface area (Å²) in [6.45, 7) is 6.73. The number of rotatable bonds is 8. The van der Waals surface area contributed by atoms with Crippen LogP contribution in [0.15, 0.2) is 71.6 Å². The van der Waals surface area contributed by atoms with Crippen molar-refractivity contribution in [3.8, 4) is 24.2 Å². The van der Waals surface area contributed by atoms with Crippen molar-refractivity contribution in [1.82, 2.24) is 4.31 Å². The van der Waals surface area contributed by atoms with Crippen LogP contribution in [-0.4, -0.2) is 43.7 Å². The number of Topliss-reactive ketones (excluding diaryl/α,β-unsaturated/α-hetero) is 1. The van der Waals surface area contributed by atoms with Gasteiger partial charge in [-0.15, -0.1) is 6.42 Å². The summed E-state index contributed by atoms with van der Waals surface area (Å²) in [7, 11) is -3.84. The second kappa shape index (κ2) is 12.2. The van der Waals surface area contributed by atoms with Crippen LogP contribution in [-0.2, 0) is 19.6 Å². The van der Waals surface area contributed by atoms with E-state index in [-0.39, 0.29) is 18.0 Å². The highest BCUT2D eigenvalue weighted by atomic mass is 32.2. The lowest BCUT2D eigenvalue weighted by atomic mass is 9.97. The number of sulfonamides is 1. The molecule has 0 heterocycles. The van der Waals surface area contributed by atoms with Gasteiger partial charge in [-0.25, -0.2) is 8.42 Å². The Labute approximate surface area is 208 Å². The Morgan fingerprint density at radius 2 is 1.71 bits per heavy atom. The van der Waals surface area contributed by atoms with E-state index in [1.54, 1.807) is 63.2 Å². The van der Waals surface area contributed by atoms with Gasteiger partial charge in [-0.05, 0) is 57.7 Å². The first-order valence-electron chi connectivity index (χ1n) is 10.9. The quantitative estimate of drug-likeness (QED) is 0.183. The van der Waals surface area contributed by atoms with Crippen LogP contribution >= 0.6 is 0 Å². The number of carbonyl (C=O) groups excluding carboxylic acids is 2. The van der Waals surface area contributed by atoms with Crippen LogP contribution in [0.25, 0.3) is 0 Å². The Kier molecular flexibility index (Phi) is 9.59. The Morgan fingerprint density at radius 3 is 2.29 bits per heavy atom. The van der Waals surface area contributed by atoms with Gasteiger partial charge in [-0.2, -0.15) is 4.31 Å². The zero-order chi connectivity index (χ0) is 26.1. The Hall–Kier alpha value is -3.65. The topological polar surface area (TPSA) is 80.8 Å². The molecule has 2 aromatic rings. The van der Waals surface area contributed by atoms with E-state index in [1.165, 1.54) is 24.3 Å². The molecule has 0 radical (unpaired) electrons. The zero-order valence-corrected chi connectivity index (χ0v) is 21.1. The maximum absolute atomic E-state index is 13.0. The lowest BCUT2D eigenvalue weighted by Crippen LogP contribution is -2.32. The van der Waals surface area contributed by atoms with Gasteiger partial charge in [0.1, 0.15) is 0 Å². The molecule has 35 heavy (non-hydrogen) atoms. The molecule has 0 spiro atoms. The third-order valence-electron chi connectivity index (χ3n) is 4.76. The first kappa shape index (κ1) is 27.6. The molecule has 0 aliphatic rings. The molecule has 0 saturated heterocycles. The average Bonchev–Trinajstić information content (AvgIpc) is 2.81. The monoisotopic (exact) mass is 491 g/mol. The van der Waals surface area contributed by atoms with Crippen molar-refractivity contribution in [1.29, 1.82) is 0 Å². The van der Waals surface area contributed by atoms with Crippen LogP contribution in [0.4, 0.5) is 0 Å². The lowest BCUT2D eigenvalue weighted by molar-refractivity contribution is -0.154. The van der Waals surface area contributed by atoms with E-state index in [0.717, 1.165) is 9.87 Å². The largest absolute Gasteiger partial charge is 0.444 e. The summed E-state index contributed by atoms with van der Waals surface area (Å²) < 4.78 is 32.6. The van der Waals surface area contributed by atoms with Gasteiger partial charge in [0.15, 0.2) is 6.10 Å². The highest BCUT2D eigenvalue weighted by Gasteiger charge is 2.26. The number of hydrogen-bond donors (Lipinski definition) is 0. The van der Waals surface area contributed by atoms with Gasteiger partial charge in [-0.1, -0.05) is 60.0 Å². The van der Waals surface area contributed by atoms with Gasteiger partial charge in [0, 0.05) is 12.1 Å². The average molecular weight is 492 g/mol. The fraction of sp³-hybridized carbons (Fsp3) is 0.286. The number of hydrogen-bond acceptors (Lipinski definition) is 5. The molecule has 0 aliphatic heterocycles. The molecule has 0 saturated carbocycles. The molecule has 2 rings (SSSR count). The van der Waals surface area contributed by atoms with Gasteiger partial charge in [0.2, 0.25) is 15.8 Å². The second-order valence-electron chi connectivity index (χ2n) is 8.78. The summed E-state index contributed by atoms with van der Waals surface area (Å²) in [6, 6.07) is 15.0. The molecule has 7 heteroatoms. The van der Waals surface area contributed by atoms with Gasteiger partial charge < -0.3 is 4.74 Å². The summed E-state index contributed by atoms with van der Waals surface area (Å²) in [5, 5.41) is 0. The highest BCUT2D eigenvalue weighted by molar-refractivity contribution is 7.89. The molecule has 0 amide bonds. The molecule has 0 aromatic heterocycles. The maximum atomic E-state index is 13.0. The molecule has 0 bridgehead atoms. The van der Waals surface area contributed by atoms with Crippen molar-refractivity contribution in [2.75, 3.05) is 13.1 Å². The van der Waals surface area contributed by atoms with E-state index in [2.05, 4.69) is 17.8 Å². The number of ether oxygens (including phenoxy) is 1. The Morgan fingerprint density at radius 1 is 1.09 bits per heavy atom. The maximum Gasteiger partial charge on any atom is 0.312 e. The SMILES string of the molecule is C#CCN(C/C=C/C(C#CC(=O)c1ccccc1)OC(=O)C(C)(C)C)S(=O)(=O)c1ccc(C)cc1. The zero-order valence-electron chi connectivity index (χ0n) is 20.3. The number of aryl methyl sites for hydroxylation is 1. The van der Waals surface area contributed by atoms with Crippen LogP contribution in [0.5, 0.6) is 0 Å². The molecule has 0 aliphatic carbocycles.